The van der Waals surface area contributed by atoms with E-state index < -0.39 is 303 Å². The first-order valence-electron chi connectivity index (χ1n) is 31.4. The highest BCUT2D eigenvalue weighted by molar-refractivity contribution is 5.74. The maximum absolute atomic E-state index is 13.0. The fourth-order valence-electron chi connectivity index (χ4n) is 12.6. The van der Waals surface area contributed by atoms with Crippen LogP contribution in [0.5, 0.6) is 0 Å². The molecule has 40 atom stereocenters. The Balaban J connectivity index is 1.09. The van der Waals surface area contributed by atoms with E-state index in [1.807, 2.05) is 0 Å². The maximum atomic E-state index is 13.0. The van der Waals surface area contributed by atoms with Gasteiger partial charge in [-0.2, -0.15) is 0 Å². The van der Waals surface area contributed by atoms with E-state index >= 15 is 0 Å². The van der Waals surface area contributed by atoms with Gasteiger partial charge >= 0.3 is 0 Å². The molecule has 8 aliphatic heterocycles. The number of methoxy groups -OCH3 is 1. The van der Waals surface area contributed by atoms with Gasteiger partial charge in [-0.3, -0.25) is 14.4 Å². The molecule has 43 heteroatoms. The van der Waals surface area contributed by atoms with E-state index in [1.165, 1.54) is 14.0 Å². The highest BCUT2D eigenvalue weighted by Crippen LogP contribution is 2.39. The summed E-state index contributed by atoms with van der Waals surface area (Å²) in [4.78, 5) is 38.1. The molecule has 0 saturated carbocycles. The lowest BCUT2D eigenvalue weighted by atomic mass is 9.93. The van der Waals surface area contributed by atoms with Crippen molar-refractivity contribution in [1.29, 1.82) is 0 Å². The third kappa shape index (κ3) is 17.8. The van der Waals surface area contributed by atoms with E-state index in [-0.39, 0.29) is 6.61 Å². The van der Waals surface area contributed by atoms with Crippen molar-refractivity contribution >= 4 is 17.7 Å². The van der Waals surface area contributed by atoms with Crippen molar-refractivity contribution in [3.8, 4) is 0 Å². The molecule has 0 unspecified atom stereocenters. The second-order valence-electron chi connectivity index (χ2n) is 24.9. The van der Waals surface area contributed by atoms with Gasteiger partial charge in [0.1, 0.15) is 189 Å². The lowest BCUT2D eigenvalue weighted by Crippen LogP contribution is -2.71. The number of aliphatic hydroxyl groups is 21. The van der Waals surface area contributed by atoms with Crippen molar-refractivity contribution < 1.29 is 197 Å². The first-order chi connectivity index (χ1) is 46.3. The van der Waals surface area contributed by atoms with Crippen LogP contribution in [0.4, 0.5) is 0 Å². The van der Waals surface area contributed by atoms with Crippen LogP contribution in [0.2, 0.25) is 0 Å². The van der Waals surface area contributed by atoms with Crippen molar-refractivity contribution in [1.82, 2.24) is 16.0 Å². The molecule has 0 radical (unpaired) electrons. The zero-order chi connectivity index (χ0) is 72.2. The molecule has 8 saturated heterocycles. The number of carbonyl (C=O) groups is 3. The molecule has 0 bridgehead atoms. The molecule has 24 N–H and O–H groups in total. The Labute approximate surface area is 556 Å². The summed E-state index contributed by atoms with van der Waals surface area (Å²) in [6, 6.07) is -5.46. The molecule has 8 heterocycles. The quantitative estimate of drug-likeness (QED) is 0.0404. The van der Waals surface area contributed by atoms with Crippen LogP contribution in [0.15, 0.2) is 0 Å². The van der Waals surface area contributed by atoms with Gasteiger partial charge in [0.15, 0.2) is 50.3 Å². The number of ether oxygens (including phenoxy) is 16. The molecule has 43 nitrogen and oxygen atoms in total. The summed E-state index contributed by atoms with van der Waals surface area (Å²) in [7, 11) is 1.23. The number of rotatable bonds is 25. The van der Waals surface area contributed by atoms with Crippen LogP contribution in [0.25, 0.3) is 0 Å². The normalized spacial score (nSPS) is 49.5. The second-order valence-corrected chi connectivity index (χ2v) is 24.9. The SMILES string of the molecule is COC[C@H]1O[C@@H](O[C@H]2[C@H](O)[C@@H](NC(C)=O)[C@H](O[C@@H]3[C@@H](O[C@@H]4[C@H](O)[C@H](O[C@H]5[C@H](O)[C@@H](NC(C)=O)[C@H](O[C@H]6[C@H](O)[C@@H](NC(C)=O)[C@H](O)O[C@@H]6CO[C@@H]6O[C@@H](C)[C@@H](O)[C@@H](O)[C@@H]6O)O[C@@H]5CO)O[C@H](CO[C@H]5O[C@H](CO)[C@@H](O)[C@H](O)[C@@H]5O)[C@H]4O)O[C@H](CO)[C@@H](O)[C@@H]3O)O[C@@H]2CO)[C@H](O)[C@@H](O)[C@H]1O. The average molecular weight is 1440 g/mol. The Hall–Kier alpha value is -3.07. The van der Waals surface area contributed by atoms with E-state index in [9.17, 15) is 122 Å². The monoisotopic (exact) mass is 1440 g/mol. The largest absolute Gasteiger partial charge is 0.394 e. The van der Waals surface area contributed by atoms with Crippen LogP contribution < -0.4 is 16.0 Å². The second kappa shape index (κ2) is 35.1. The third-order valence-corrected chi connectivity index (χ3v) is 17.9. The van der Waals surface area contributed by atoms with Crippen molar-refractivity contribution in [3.63, 3.8) is 0 Å². The smallest absolute Gasteiger partial charge is 0.217 e. The summed E-state index contributed by atoms with van der Waals surface area (Å²) < 4.78 is 93.2. The highest BCUT2D eigenvalue weighted by Gasteiger charge is 2.60. The van der Waals surface area contributed by atoms with Crippen molar-refractivity contribution in [3.05, 3.63) is 0 Å². The molecular formula is C55H93N3O40. The first-order valence-corrected chi connectivity index (χ1v) is 31.4. The molecule has 98 heavy (non-hydrogen) atoms. The third-order valence-electron chi connectivity index (χ3n) is 17.9. The Morgan fingerprint density at radius 2 is 0.653 bits per heavy atom. The maximum Gasteiger partial charge on any atom is 0.217 e. The summed E-state index contributed by atoms with van der Waals surface area (Å²) in [6.45, 7) is -2.13. The lowest BCUT2D eigenvalue weighted by Gasteiger charge is -2.51. The number of nitrogens with one attached hydrogen (secondary N) is 3. The predicted octanol–water partition coefficient (Wildman–Crippen LogP) is -16.3. The minimum atomic E-state index is -2.46. The fraction of sp³-hybridized carbons (Fsp3) is 0.945. The van der Waals surface area contributed by atoms with E-state index in [2.05, 4.69) is 16.0 Å². The van der Waals surface area contributed by atoms with Gasteiger partial charge in [0, 0.05) is 27.9 Å². The molecule has 0 aromatic heterocycles. The number of hydrogen-bond acceptors (Lipinski definition) is 40. The number of hydrogen-bond donors (Lipinski definition) is 24. The molecule has 8 fully saturated rings. The van der Waals surface area contributed by atoms with E-state index in [4.69, 9.17) is 75.8 Å². The summed E-state index contributed by atoms with van der Waals surface area (Å²) in [5.74, 6) is -2.61. The van der Waals surface area contributed by atoms with Gasteiger partial charge in [0.05, 0.1) is 52.4 Å². The summed E-state index contributed by atoms with van der Waals surface area (Å²) >= 11 is 0. The van der Waals surface area contributed by atoms with Crippen molar-refractivity contribution in [2.24, 2.45) is 0 Å². The minimum Gasteiger partial charge on any atom is -0.394 e. The molecule has 8 aliphatic rings. The van der Waals surface area contributed by atoms with Crippen LogP contribution >= 0.6 is 0 Å². The topological polar surface area (TPSA) is 660 Å². The van der Waals surface area contributed by atoms with Crippen LogP contribution in [0.3, 0.4) is 0 Å². The fourth-order valence-corrected chi connectivity index (χ4v) is 12.6. The Kier molecular flexibility index (Phi) is 28.9. The number of amides is 3. The Morgan fingerprint density at radius 1 is 0.306 bits per heavy atom. The number of carbonyl (C=O) groups excluding carboxylic acids is 3. The van der Waals surface area contributed by atoms with E-state index in [0.29, 0.717) is 0 Å². The van der Waals surface area contributed by atoms with Gasteiger partial charge in [0.2, 0.25) is 17.7 Å². The van der Waals surface area contributed by atoms with Crippen LogP contribution in [-0.2, 0) is 90.2 Å². The molecular weight excluding hydrogens is 1340 g/mol. The van der Waals surface area contributed by atoms with Crippen LogP contribution in [0, 0.1) is 0 Å². The van der Waals surface area contributed by atoms with E-state index in [0.717, 1.165) is 20.8 Å². The van der Waals surface area contributed by atoms with Gasteiger partial charge in [-0.1, -0.05) is 0 Å². The predicted molar refractivity (Wildman–Crippen MR) is 303 cm³/mol. The van der Waals surface area contributed by atoms with Crippen LogP contribution in [-0.4, -0.2) is 424 Å². The van der Waals surface area contributed by atoms with Crippen molar-refractivity contribution in [2.45, 2.75) is 273 Å². The lowest BCUT2D eigenvalue weighted by molar-refractivity contribution is -0.397. The molecule has 0 aromatic rings. The van der Waals surface area contributed by atoms with Gasteiger partial charge in [0.25, 0.3) is 0 Å². The van der Waals surface area contributed by atoms with Gasteiger partial charge in [-0.15, -0.1) is 0 Å². The molecule has 3 amide bonds. The molecule has 8 rings (SSSR count). The first kappa shape index (κ1) is 80.6. The number of aliphatic hydroxyl groups excluding tert-OH is 21. The summed E-state index contributed by atoms with van der Waals surface area (Å²) in [5, 5.41) is 239. The zero-order valence-corrected chi connectivity index (χ0v) is 53.2. The average Bonchev–Trinajstić information content (AvgIpc) is 0.768. The van der Waals surface area contributed by atoms with Gasteiger partial charge < -0.3 is 199 Å². The highest BCUT2D eigenvalue weighted by atomic mass is 16.8. The Bertz CT molecular complexity index is 2510. The van der Waals surface area contributed by atoms with Crippen molar-refractivity contribution in [2.75, 3.05) is 53.4 Å². The minimum absolute atomic E-state index is 0.344. The van der Waals surface area contributed by atoms with Crippen LogP contribution in [0.1, 0.15) is 27.7 Å². The van der Waals surface area contributed by atoms with E-state index in [1.54, 1.807) is 0 Å². The molecule has 0 spiro atoms. The summed E-state index contributed by atoms with van der Waals surface area (Å²) in [6.07, 6.45) is -72.1. The molecule has 568 valence electrons. The summed E-state index contributed by atoms with van der Waals surface area (Å²) in [5.41, 5.74) is 0. The standard InChI is InChI=1S/C55H93N3O40/c1-13-27(66)35(74)39(78)51(86-13)85-12-23-45(32(71)24(48(82)87-23)56-14(2)63)94-49-25(57-15(3)64)33(72)44(20(9-62)90-49)96-54-42(81)46(31(70)22(93-54)11-84-52-40(79)36(75)28(67)17(6-59)88-52)97-55-47(38(77)29(68)18(7-60)89-55)98-50-26(58-16(4)65)34(73)43(19(8-61)91-50)95-53-41(80)37(76)30(69)21(92-53)10-83-5/h13,17-55,59-62,66-82H,6-12H2,1-5H3,(H,56,63)(H,57,64)(H,58,65)/t13-,17+,18+,19+,20+,21+,22+,23+,24+,25+,26+,27+,28+,29+,30-,31+,32+,33+,34+,35+,36-,37-,38-,39-,40-,41+,42-,43+,44+,45+,46-,47-,48+,49-,50-,51+,52-,53-,54-,55+/m0/s1. The Morgan fingerprint density at radius 3 is 1.14 bits per heavy atom. The zero-order valence-electron chi connectivity index (χ0n) is 53.2. The molecule has 0 aromatic carbocycles. The van der Waals surface area contributed by atoms with Gasteiger partial charge in [-0.05, 0) is 6.92 Å². The van der Waals surface area contributed by atoms with Gasteiger partial charge in [-0.25, -0.2) is 0 Å². The molecule has 0 aliphatic carbocycles.